The number of carbonyl (C=O) groups excluding carboxylic acids is 2. The summed E-state index contributed by atoms with van der Waals surface area (Å²) in [6.07, 6.45) is 0.505. The number of nitro groups is 1. The van der Waals surface area contributed by atoms with E-state index < -0.39 is 11.0 Å². The van der Waals surface area contributed by atoms with E-state index in [2.05, 4.69) is 19.2 Å². The van der Waals surface area contributed by atoms with Gasteiger partial charge in [0, 0.05) is 17.8 Å². The number of rotatable bonds is 8. The first-order valence-electron chi connectivity index (χ1n) is 8.67. The average molecular weight is 370 g/mol. The van der Waals surface area contributed by atoms with E-state index in [0.29, 0.717) is 12.0 Å². The Kier molecular flexibility index (Phi) is 6.65. The van der Waals surface area contributed by atoms with Crippen LogP contribution in [0.4, 0.5) is 11.4 Å². The summed E-state index contributed by atoms with van der Waals surface area (Å²) >= 11 is 0. The van der Waals surface area contributed by atoms with Gasteiger partial charge in [0.1, 0.15) is 5.75 Å². The number of hydrogen-bond acceptors (Lipinski definition) is 5. The van der Waals surface area contributed by atoms with Crippen molar-refractivity contribution in [2.24, 2.45) is 0 Å². The van der Waals surface area contributed by atoms with E-state index in [0.717, 1.165) is 18.1 Å². The number of benzene rings is 2. The van der Waals surface area contributed by atoms with Gasteiger partial charge in [-0.15, -0.1) is 0 Å². The molecule has 0 unspecified atom stereocenters. The van der Waals surface area contributed by atoms with Crippen molar-refractivity contribution in [3.8, 4) is 5.75 Å². The van der Waals surface area contributed by atoms with Crippen molar-refractivity contribution in [1.82, 2.24) is 0 Å². The van der Waals surface area contributed by atoms with Crippen molar-refractivity contribution in [2.45, 2.75) is 39.2 Å². The Hall–Kier alpha value is -3.22. The van der Waals surface area contributed by atoms with E-state index in [9.17, 15) is 19.7 Å². The minimum Gasteiger partial charge on any atom is -0.480 e. The summed E-state index contributed by atoms with van der Waals surface area (Å²) in [5.41, 5.74) is 1.55. The number of nitro benzene ring substituents is 1. The number of nitrogens with zero attached hydrogens (tertiary/aromatic N) is 1. The number of amides is 1. The maximum absolute atomic E-state index is 12.5. The molecule has 0 saturated heterocycles. The first-order valence-corrected chi connectivity index (χ1v) is 8.67. The number of para-hydroxylation sites is 1. The zero-order valence-electron chi connectivity index (χ0n) is 15.5. The number of carbonyl (C=O) groups is 2. The monoisotopic (exact) mass is 370 g/mol. The number of aldehydes is 1. The average Bonchev–Trinajstić information content (AvgIpc) is 2.67. The Morgan fingerprint density at radius 2 is 1.96 bits per heavy atom. The van der Waals surface area contributed by atoms with Crippen molar-refractivity contribution in [1.29, 1.82) is 0 Å². The van der Waals surface area contributed by atoms with Crippen LogP contribution in [0.3, 0.4) is 0 Å². The zero-order valence-corrected chi connectivity index (χ0v) is 15.5. The topological polar surface area (TPSA) is 98.5 Å². The van der Waals surface area contributed by atoms with Crippen molar-refractivity contribution < 1.29 is 19.2 Å². The first kappa shape index (κ1) is 20.1. The molecule has 0 aliphatic heterocycles. The van der Waals surface area contributed by atoms with Crippen LogP contribution in [0.2, 0.25) is 0 Å². The molecule has 7 nitrogen and oxygen atoms in total. The molecule has 0 saturated carbocycles. The van der Waals surface area contributed by atoms with Gasteiger partial charge in [0.15, 0.2) is 12.4 Å². The van der Waals surface area contributed by atoms with E-state index >= 15 is 0 Å². The molecule has 0 aromatic heterocycles. The molecular weight excluding hydrogens is 348 g/mol. The Labute approximate surface area is 157 Å². The fraction of sp³-hybridized carbons (Fsp3) is 0.300. The van der Waals surface area contributed by atoms with Gasteiger partial charge in [-0.05, 0) is 37.0 Å². The number of nitrogens with one attached hydrogen (secondary N) is 1. The van der Waals surface area contributed by atoms with Gasteiger partial charge < -0.3 is 10.1 Å². The lowest BCUT2D eigenvalue weighted by Gasteiger charge is -2.19. The van der Waals surface area contributed by atoms with Crippen LogP contribution >= 0.6 is 0 Å². The highest BCUT2D eigenvalue weighted by atomic mass is 16.6. The molecule has 0 radical (unpaired) electrons. The first-order chi connectivity index (χ1) is 12.9. The number of ether oxygens (including phenoxy) is 1. The second-order valence-corrected chi connectivity index (χ2v) is 6.24. The molecule has 1 amide bonds. The second kappa shape index (κ2) is 8.93. The zero-order chi connectivity index (χ0) is 20.0. The molecule has 0 aliphatic carbocycles. The number of hydrogen-bond donors (Lipinski definition) is 1. The van der Waals surface area contributed by atoms with E-state index in [1.165, 1.54) is 12.1 Å². The minimum absolute atomic E-state index is 0.0175. The van der Waals surface area contributed by atoms with E-state index in [-0.39, 0.29) is 28.8 Å². The molecule has 7 heteroatoms. The normalized spacial score (nSPS) is 12.7. The molecule has 2 aromatic carbocycles. The van der Waals surface area contributed by atoms with Gasteiger partial charge in [0.2, 0.25) is 0 Å². The van der Waals surface area contributed by atoms with E-state index in [4.69, 9.17) is 4.74 Å². The summed E-state index contributed by atoms with van der Waals surface area (Å²) in [7, 11) is 0. The van der Waals surface area contributed by atoms with Gasteiger partial charge in [-0.2, -0.15) is 0 Å². The van der Waals surface area contributed by atoms with Crippen LogP contribution in [0.15, 0.2) is 42.5 Å². The lowest BCUT2D eigenvalue weighted by Crippen LogP contribution is -2.30. The molecule has 0 spiro atoms. The highest BCUT2D eigenvalue weighted by Gasteiger charge is 2.20. The lowest BCUT2D eigenvalue weighted by atomic mass is 9.97. The van der Waals surface area contributed by atoms with Gasteiger partial charge in [0.25, 0.3) is 11.6 Å². The lowest BCUT2D eigenvalue weighted by molar-refractivity contribution is -0.384. The summed E-state index contributed by atoms with van der Waals surface area (Å²) in [6.45, 7) is 5.71. The molecule has 27 heavy (non-hydrogen) atoms. The third kappa shape index (κ3) is 4.91. The quantitative estimate of drug-likeness (QED) is 0.424. The van der Waals surface area contributed by atoms with Gasteiger partial charge in [0.05, 0.1) is 10.5 Å². The molecular formula is C20H22N2O5. The van der Waals surface area contributed by atoms with Crippen molar-refractivity contribution in [2.75, 3.05) is 5.32 Å². The minimum atomic E-state index is -0.893. The summed E-state index contributed by atoms with van der Waals surface area (Å²) in [6, 6.07) is 11.2. The molecule has 2 aromatic rings. The Bertz CT molecular complexity index is 850. The third-order valence-electron chi connectivity index (χ3n) is 4.37. The van der Waals surface area contributed by atoms with Crippen LogP contribution in [0.5, 0.6) is 5.75 Å². The van der Waals surface area contributed by atoms with Gasteiger partial charge >= 0.3 is 0 Å². The van der Waals surface area contributed by atoms with Crippen molar-refractivity contribution in [3.05, 3.63) is 63.7 Å². The Balaban J connectivity index is 2.15. The smallest absolute Gasteiger partial charge is 0.270 e. The van der Waals surface area contributed by atoms with E-state index in [1.807, 2.05) is 24.3 Å². The molecule has 0 fully saturated rings. The van der Waals surface area contributed by atoms with Crippen LogP contribution in [-0.4, -0.2) is 23.2 Å². The Morgan fingerprint density at radius 3 is 2.59 bits per heavy atom. The van der Waals surface area contributed by atoms with Crippen LogP contribution in [0, 0.1) is 10.1 Å². The van der Waals surface area contributed by atoms with E-state index in [1.54, 1.807) is 6.92 Å². The summed E-state index contributed by atoms with van der Waals surface area (Å²) in [5.74, 6) is 0.0310. The predicted molar refractivity (Wildman–Crippen MR) is 102 cm³/mol. The molecule has 2 atom stereocenters. The van der Waals surface area contributed by atoms with Crippen LogP contribution in [0.1, 0.15) is 49.0 Å². The van der Waals surface area contributed by atoms with Crippen LogP contribution in [0.25, 0.3) is 0 Å². The summed E-state index contributed by atoms with van der Waals surface area (Å²) in [4.78, 5) is 33.9. The summed E-state index contributed by atoms with van der Waals surface area (Å²) < 4.78 is 5.57. The van der Waals surface area contributed by atoms with Gasteiger partial charge in [-0.25, -0.2) is 0 Å². The van der Waals surface area contributed by atoms with Gasteiger partial charge in [-0.1, -0.05) is 32.0 Å². The molecule has 0 heterocycles. The number of anilines is 1. The van der Waals surface area contributed by atoms with Crippen LogP contribution in [-0.2, 0) is 4.79 Å². The fourth-order valence-corrected chi connectivity index (χ4v) is 2.59. The highest BCUT2D eigenvalue weighted by molar-refractivity contribution is 5.95. The predicted octanol–water partition coefficient (Wildman–Crippen LogP) is 4.33. The molecule has 0 aliphatic rings. The highest BCUT2D eigenvalue weighted by Crippen LogP contribution is 2.27. The summed E-state index contributed by atoms with van der Waals surface area (Å²) in [5, 5.41) is 13.7. The standard InChI is InChI=1S/C20H22N2O5/c1-4-13(2)17-7-5-6-8-18(17)21-20(24)14(3)27-19-10-9-16(22(25)26)11-15(19)12-23/h5-14H,4H2,1-3H3,(H,21,24)/t13-,14+/m1/s1. The largest absolute Gasteiger partial charge is 0.480 e. The van der Waals surface area contributed by atoms with Crippen molar-refractivity contribution >= 4 is 23.6 Å². The second-order valence-electron chi connectivity index (χ2n) is 6.24. The molecule has 0 bridgehead atoms. The molecule has 2 rings (SSSR count). The SMILES string of the molecule is CC[C@@H](C)c1ccccc1NC(=O)[C@H](C)Oc1ccc([N+](=O)[O-])cc1C=O. The maximum Gasteiger partial charge on any atom is 0.270 e. The fourth-order valence-electron chi connectivity index (χ4n) is 2.59. The molecule has 1 N–H and O–H groups in total. The number of non-ortho nitro benzene ring substituents is 1. The molecule has 142 valence electrons. The van der Waals surface area contributed by atoms with Crippen molar-refractivity contribution in [3.63, 3.8) is 0 Å². The maximum atomic E-state index is 12.5. The van der Waals surface area contributed by atoms with Gasteiger partial charge in [-0.3, -0.25) is 19.7 Å². The third-order valence-corrected chi connectivity index (χ3v) is 4.37. The van der Waals surface area contributed by atoms with Crippen LogP contribution < -0.4 is 10.1 Å². The Morgan fingerprint density at radius 1 is 1.26 bits per heavy atom.